The summed E-state index contributed by atoms with van der Waals surface area (Å²) >= 11 is 0. The predicted octanol–water partition coefficient (Wildman–Crippen LogP) is 3.98. The van der Waals surface area contributed by atoms with Crippen molar-refractivity contribution in [1.82, 2.24) is 9.80 Å². The standard InChI is InChI=1S/C26H28N2O6/c1-27(2)12-7-13-28-23(17-10-11-19(32-3)20(15-17)33-4)22(25(30)26(28)31)24(29)21-14-16-8-5-6-9-18(16)34-21/h5-6,8-11,14-15,23,30H,7,12-13H2,1-4H3. The third-order valence-electron chi connectivity index (χ3n) is 5.93. The number of carbonyl (C=O) groups excluding carboxylic acids is 2. The number of furan rings is 1. The van der Waals surface area contributed by atoms with E-state index in [1.54, 1.807) is 30.3 Å². The number of para-hydroxylation sites is 1. The molecule has 178 valence electrons. The molecule has 34 heavy (non-hydrogen) atoms. The Hall–Kier alpha value is -3.78. The van der Waals surface area contributed by atoms with E-state index >= 15 is 0 Å². The number of hydrogen-bond acceptors (Lipinski definition) is 7. The Balaban J connectivity index is 1.78. The smallest absolute Gasteiger partial charge is 0.290 e. The van der Waals surface area contributed by atoms with Crippen LogP contribution < -0.4 is 9.47 Å². The molecule has 0 bridgehead atoms. The van der Waals surface area contributed by atoms with Crippen molar-refractivity contribution in [2.24, 2.45) is 0 Å². The van der Waals surface area contributed by atoms with Crippen LogP contribution in [0.15, 0.2) is 64.3 Å². The molecule has 0 saturated heterocycles. The van der Waals surface area contributed by atoms with Crippen molar-refractivity contribution in [3.63, 3.8) is 0 Å². The minimum absolute atomic E-state index is 0.0128. The minimum atomic E-state index is -0.796. The summed E-state index contributed by atoms with van der Waals surface area (Å²) in [5.41, 5.74) is 1.17. The van der Waals surface area contributed by atoms with Crippen molar-refractivity contribution >= 4 is 22.7 Å². The molecule has 2 aromatic carbocycles. The van der Waals surface area contributed by atoms with Gasteiger partial charge < -0.3 is 28.8 Å². The summed E-state index contributed by atoms with van der Waals surface area (Å²) in [6, 6.07) is 13.3. The monoisotopic (exact) mass is 464 g/mol. The Kier molecular flexibility index (Phi) is 6.61. The van der Waals surface area contributed by atoms with Crippen LogP contribution in [0.1, 0.15) is 28.6 Å². The number of Topliss-reactive ketones (excluding diaryl/α,β-unsaturated/α-hetero) is 1. The number of amides is 1. The molecule has 2 heterocycles. The summed E-state index contributed by atoms with van der Waals surface area (Å²) in [6.45, 7) is 1.10. The van der Waals surface area contributed by atoms with Gasteiger partial charge in [-0.15, -0.1) is 0 Å². The molecular formula is C26H28N2O6. The Morgan fingerprint density at radius 1 is 1.09 bits per heavy atom. The fourth-order valence-corrected chi connectivity index (χ4v) is 4.27. The number of aliphatic hydroxyl groups is 1. The molecule has 1 atom stereocenters. The zero-order chi connectivity index (χ0) is 24.4. The van der Waals surface area contributed by atoms with Crippen LogP contribution in [0.5, 0.6) is 11.5 Å². The topological polar surface area (TPSA) is 92.5 Å². The average molecular weight is 465 g/mol. The van der Waals surface area contributed by atoms with Gasteiger partial charge in [-0.2, -0.15) is 0 Å². The normalized spacial score (nSPS) is 16.1. The van der Waals surface area contributed by atoms with Crippen molar-refractivity contribution in [3.05, 3.63) is 71.2 Å². The van der Waals surface area contributed by atoms with Crippen molar-refractivity contribution in [2.45, 2.75) is 12.5 Å². The highest BCUT2D eigenvalue weighted by molar-refractivity contribution is 6.16. The molecule has 0 spiro atoms. The van der Waals surface area contributed by atoms with E-state index in [1.165, 1.54) is 19.1 Å². The van der Waals surface area contributed by atoms with Crippen LogP contribution in [0.25, 0.3) is 11.0 Å². The molecule has 0 fully saturated rings. The Morgan fingerprint density at radius 2 is 1.82 bits per heavy atom. The van der Waals surface area contributed by atoms with Gasteiger partial charge in [-0.3, -0.25) is 9.59 Å². The zero-order valence-electron chi connectivity index (χ0n) is 19.7. The maximum atomic E-state index is 13.6. The zero-order valence-corrected chi connectivity index (χ0v) is 19.7. The minimum Gasteiger partial charge on any atom is -0.503 e. The highest BCUT2D eigenvalue weighted by Crippen LogP contribution is 2.42. The second-order valence-corrected chi connectivity index (χ2v) is 8.41. The second-order valence-electron chi connectivity index (χ2n) is 8.41. The van der Waals surface area contributed by atoms with E-state index in [9.17, 15) is 14.7 Å². The first-order valence-electron chi connectivity index (χ1n) is 11.0. The molecule has 8 nitrogen and oxygen atoms in total. The summed E-state index contributed by atoms with van der Waals surface area (Å²) < 4.78 is 16.5. The number of nitrogens with zero attached hydrogens (tertiary/aromatic N) is 2. The molecule has 1 unspecified atom stereocenters. The van der Waals surface area contributed by atoms with E-state index in [2.05, 4.69) is 0 Å². The van der Waals surface area contributed by atoms with Crippen LogP contribution >= 0.6 is 0 Å². The number of ketones is 1. The molecule has 8 heteroatoms. The molecule has 0 saturated carbocycles. The lowest BCUT2D eigenvalue weighted by molar-refractivity contribution is -0.129. The predicted molar refractivity (Wildman–Crippen MR) is 127 cm³/mol. The number of methoxy groups -OCH3 is 2. The maximum Gasteiger partial charge on any atom is 0.290 e. The van der Waals surface area contributed by atoms with E-state index in [-0.39, 0.29) is 11.3 Å². The Labute approximate surface area is 198 Å². The number of benzene rings is 2. The van der Waals surface area contributed by atoms with Gasteiger partial charge in [-0.05, 0) is 56.9 Å². The molecule has 1 N–H and O–H groups in total. The van der Waals surface area contributed by atoms with Gasteiger partial charge >= 0.3 is 0 Å². The number of aliphatic hydroxyl groups excluding tert-OH is 1. The fraction of sp³-hybridized carbons (Fsp3) is 0.308. The second kappa shape index (κ2) is 9.61. The SMILES string of the molecule is COc1ccc(C2C(C(=O)c3cc4ccccc4o3)=C(O)C(=O)N2CCCN(C)C)cc1OC. The molecule has 1 aliphatic rings. The highest BCUT2D eigenvalue weighted by Gasteiger charge is 2.44. The molecule has 3 aromatic rings. The number of carbonyl (C=O) groups is 2. The van der Waals surface area contributed by atoms with Crippen LogP contribution in [-0.2, 0) is 4.79 Å². The van der Waals surface area contributed by atoms with Crippen molar-refractivity contribution in [1.29, 1.82) is 0 Å². The number of fused-ring (bicyclic) bond motifs is 1. The van der Waals surface area contributed by atoms with Crippen molar-refractivity contribution in [3.8, 4) is 11.5 Å². The summed E-state index contributed by atoms with van der Waals surface area (Å²) in [7, 11) is 6.95. The van der Waals surface area contributed by atoms with E-state index in [4.69, 9.17) is 13.9 Å². The maximum absolute atomic E-state index is 13.6. The highest BCUT2D eigenvalue weighted by atomic mass is 16.5. The van der Waals surface area contributed by atoms with Gasteiger partial charge in [0.25, 0.3) is 5.91 Å². The van der Waals surface area contributed by atoms with Gasteiger partial charge in [0.2, 0.25) is 5.78 Å². The summed E-state index contributed by atoms with van der Waals surface area (Å²) in [4.78, 5) is 30.3. The van der Waals surface area contributed by atoms with Crippen LogP contribution in [0, 0.1) is 0 Å². The van der Waals surface area contributed by atoms with Gasteiger partial charge in [0.1, 0.15) is 5.58 Å². The number of ether oxygens (including phenoxy) is 2. The van der Waals surface area contributed by atoms with Crippen LogP contribution in [0.2, 0.25) is 0 Å². The van der Waals surface area contributed by atoms with Crippen LogP contribution in [-0.4, -0.2) is 68.0 Å². The molecule has 1 aliphatic heterocycles. The van der Waals surface area contributed by atoms with E-state index in [1.807, 2.05) is 37.2 Å². The van der Waals surface area contributed by atoms with Gasteiger partial charge in [0, 0.05) is 11.9 Å². The first-order chi connectivity index (χ1) is 16.3. The third kappa shape index (κ3) is 4.24. The third-order valence-corrected chi connectivity index (χ3v) is 5.93. The van der Waals surface area contributed by atoms with Gasteiger partial charge in [0.05, 0.1) is 25.8 Å². The molecular weight excluding hydrogens is 436 g/mol. The largest absolute Gasteiger partial charge is 0.503 e. The van der Waals surface area contributed by atoms with Crippen LogP contribution in [0.3, 0.4) is 0 Å². The quantitative estimate of drug-likeness (QED) is 0.479. The van der Waals surface area contributed by atoms with Gasteiger partial charge in [-0.1, -0.05) is 24.3 Å². The van der Waals surface area contributed by atoms with Crippen LogP contribution in [0.4, 0.5) is 0 Å². The Morgan fingerprint density at radius 3 is 2.50 bits per heavy atom. The number of hydrogen-bond donors (Lipinski definition) is 1. The molecule has 0 radical (unpaired) electrons. The van der Waals surface area contributed by atoms with E-state index in [0.29, 0.717) is 35.6 Å². The van der Waals surface area contributed by atoms with E-state index in [0.717, 1.165) is 11.9 Å². The van der Waals surface area contributed by atoms with Gasteiger partial charge in [0.15, 0.2) is 23.0 Å². The lowest BCUT2D eigenvalue weighted by Gasteiger charge is -2.27. The fourth-order valence-electron chi connectivity index (χ4n) is 4.27. The molecule has 1 aromatic heterocycles. The Bertz CT molecular complexity index is 1230. The number of rotatable bonds is 9. The lowest BCUT2D eigenvalue weighted by Crippen LogP contribution is -2.33. The molecule has 1 amide bonds. The summed E-state index contributed by atoms with van der Waals surface area (Å²) in [5, 5.41) is 11.6. The lowest BCUT2D eigenvalue weighted by atomic mass is 9.94. The first-order valence-corrected chi connectivity index (χ1v) is 11.0. The van der Waals surface area contributed by atoms with E-state index < -0.39 is 23.5 Å². The molecule has 0 aliphatic carbocycles. The first kappa shape index (κ1) is 23.4. The van der Waals surface area contributed by atoms with Crippen molar-refractivity contribution < 1.29 is 28.6 Å². The van der Waals surface area contributed by atoms with Gasteiger partial charge in [-0.25, -0.2) is 0 Å². The summed E-state index contributed by atoms with van der Waals surface area (Å²) in [6.07, 6.45) is 0.669. The average Bonchev–Trinajstić information content (AvgIpc) is 3.38. The molecule has 4 rings (SSSR count). The summed E-state index contributed by atoms with van der Waals surface area (Å²) in [5.74, 6) is -0.628. The van der Waals surface area contributed by atoms with Crippen molar-refractivity contribution in [2.75, 3.05) is 41.4 Å².